The number of nitrogens with one attached hydrogen (secondary N) is 1. The Morgan fingerprint density at radius 1 is 1.18 bits per heavy atom. The van der Waals surface area contributed by atoms with Gasteiger partial charge in [0.2, 0.25) is 5.91 Å². The van der Waals surface area contributed by atoms with Crippen molar-refractivity contribution in [2.45, 2.75) is 51.5 Å². The molecule has 1 heterocycles. The summed E-state index contributed by atoms with van der Waals surface area (Å²) in [5.74, 6) is 1.22. The molecule has 0 spiro atoms. The van der Waals surface area contributed by atoms with E-state index in [0.717, 1.165) is 18.4 Å². The highest BCUT2D eigenvalue weighted by Crippen LogP contribution is 2.33. The molecule has 0 aromatic heterocycles. The highest BCUT2D eigenvalue weighted by atomic mass is 16.5. The Morgan fingerprint density at radius 3 is 2.76 bits per heavy atom. The van der Waals surface area contributed by atoms with Gasteiger partial charge in [-0.15, -0.1) is 0 Å². The third-order valence-corrected chi connectivity index (χ3v) is 5.85. The molecule has 0 atom stereocenters. The lowest BCUT2D eigenvalue weighted by Crippen LogP contribution is -2.40. The second kappa shape index (κ2) is 10.1. The molecule has 7 nitrogen and oxygen atoms in total. The summed E-state index contributed by atoms with van der Waals surface area (Å²) < 4.78 is 11.3. The maximum atomic E-state index is 12.8. The number of fused-ring (bicyclic) bond motifs is 1. The number of benzene rings is 2. The molecule has 1 aliphatic heterocycles. The van der Waals surface area contributed by atoms with Gasteiger partial charge in [0.25, 0.3) is 5.91 Å². The number of Topliss-reactive ketones (excluding diaryl/α,β-unsaturated/α-hetero) is 1. The fourth-order valence-electron chi connectivity index (χ4n) is 3.74. The molecule has 2 aromatic carbocycles. The molecular formula is C26H30N2O5. The molecule has 2 amide bonds. The Morgan fingerprint density at radius 2 is 2.00 bits per heavy atom. The van der Waals surface area contributed by atoms with Crippen molar-refractivity contribution in [2.24, 2.45) is 0 Å². The number of rotatable bonds is 10. The van der Waals surface area contributed by atoms with Gasteiger partial charge in [-0.1, -0.05) is 26.0 Å². The Bertz CT molecular complexity index is 1040. The molecule has 4 rings (SSSR count). The van der Waals surface area contributed by atoms with E-state index in [1.54, 1.807) is 23.1 Å². The van der Waals surface area contributed by atoms with Gasteiger partial charge in [0.15, 0.2) is 19.0 Å². The summed E-state index contributed by atoms with van der Waals surface area (Å²) >= 11 is 0. The van der Waals surface area contributed by atoms with Crippen molar-refractivity contribution in [3.63, 3.8) is 0 Å². The Kier molecular flexibility index (Phi) is 6.96. The number of ketones is 1. The van der Waals surface area contributed by atoms with E-state index in [-0.39, 0.29) is 30.8 Å². The second-order valence-corrected chi connectivity index (χ2v) is 8.90. The normalized spacial score (nSPS) is 15.1. The minimum Gasteiger partial charge on any atom is -0.485 e. The summed E-state index contributed by atoms with van der Waals surface area (Å²) in [4.78, 5) is 38.8. The molecule has 1 aliphatic carbocycles. The topological polar surface area (TPSA) is 84.9 Å². The molecule has 0 unspecified atom stereocenters. The van der Waals surface area contributed by atoms with Crippen molar-refractivity contribution >= 4 is 23.3 Å². The molecule has 1 N–H and O–H groups in total. The quantitative estimate of drug-likeness (QED) is 0.556. The maximum Gasteiger partial charge on any atom is 0.265 e. The molecule has 0 radical (unpaired) electrons. The van der Waals surface area contributed by atoms with Crippen molar-refractivity contribution in [3.05, 3.63) is 53.6 Å². The van der Waals surface area contributed by atoms with E-state index < -0.39 is 0 Å². The third-order valence-electron chi connectivity index (χ3n) is 5.85. The molecule has 2 aromatic rings. The van der Waals surface area contributed by atoms with Crippen LogP contribution in [0, 0.1) is 0 Å². The van der Waals surface area contributed by atoms with Crippen LogP contribution in [0.1, 0.15) is 61.4 Å². The van der Waals surface area contributed by atoms with Gasteiger partial charge in [0.05, 0.1) is 5.69 Å². The molecule has 7 heteroatoms. The van der Waals surface area contributed by atoms with Gasteiger partial charge in [-0.3, -0.25) is 14.4 Å². The zero-order valence-corrected chi connectivity index (χ0v) is 19.1. The second-order valence-electron chi connectivity index (χ2n) is 8.90. The van der Waals surface area contributed by atoms with E-state index in [4.69, 9.17) is 9.47 Å². The van der Waals surface area contributed by atoms with E-state index in [0.29, 0.717) is 54.1 Å². The van der Waals surface area contributed by atoms with Crippen LogP contribution in [0.4, 0.5) is 5.69 Å². The minimum atomic E-state index is -0.186. The van der Waals surface area contributed by atoms with Crippen LogP contribution in [0.5, 0.6) is 11.5 Å². The van der Waals surface area contributed by atoms with Gasteiger partial charge in [-0.05, 0) is 61.1 Å². The molecule has 0 saturated heterocycles. The van der Waals surface area contributed by atoms with Crippen LogP contribution in [-0.4, -0.2) is 43.4 Å². The van der Waals surface area contributed by atoms with Crippen LogP contribution in [0.25, 0.3) is 0 Å². The van der Waals surface area contributed by atoms with Crippen molar-refractivity contribution < 1.29 is 23.9 Å². The molecular weight excluding hydrogens is 420 g/mol. The smallest absolute Gasteiger partial charge is 0.265 e. The minimum absolute atomic E-state index is 0.0149. The Labute approximate surface area is 194 Å². The van der Waals surface area contributed by atoms with Gasteiger partial charge in [0, 0.05) is 24.6 Å². The molecule has 174 valence electrons. The highest BCUT2D eigenvalue weighted by molar-refractivity contribution is 6.02. The summed E-state index contributed by atoms with van der Waals surface area (Å²) in [5.41, 5.74) is 2.15. The van der Waals surface area contributed by atoms with Crippen molar-refractivity contribution in [3.8, 4) is 11.5 Å². The number of hydrogen-bond acceptors (Lipinski definition) is 5. The van der Waals surface area contributed by atoms with Gasteiger partial charge >= 0.3 is 0 Å². The van der Waals surface area contributed by atoms with Crippen LogP contribution in [0.2, 0.25) is 0 Å². The van der Waals surface area contributed by atoms with Crippen LogP contribution in [0.3, 0.4) is 0 Å². The predicted octanol–water partition coefficient (Wildman–Crippen LogP) is 3.86. The van der Waals surface area contributed by atoms with Crippen LogP contribution >= 0.6 is 0 Å². The van der Waals surface area contributed by atoms with Gasteiger partial charge < -0.3 is 19.7 Å². The number of carbonyl (C=O) groups is 3. The molecule has 1 fully saturated rings. The van der Waals surface area contributed by atoms with Crippen LogP contribution in [0.15, 0.2) is 42.5 Å². The lowest BCUT2D eigenvalue weighted by molar-refractivity contribution is -0.122. The zero-order valence-electron chi connectivity index (χ0n) is 19.1. The van der Waals surface area contributed by atoms with Crippen molar-refractivity contribution in [1.82, 2.24) is 5.32 Å². The zero-order chi connectivity index (χ0) is 23.4. The molecule has 33 heavy (non-hydrogen) atoms. The first-order valence-corrected chi connectivity index (χ1v) is 11.5. The first kappa shape index (κ1) is 22.8. The monoisotopic (exact) mass is 450 g/mol. The van der Waals surface area contributed by atoms with Gasteiger partial charge in [-0.25, -0.2) is 0 Å². The number of ether oxygens (including phenoxy) is 2. The van der Waals surface area contributed by atoms with Gasteiger partial charge in [-0.2, -0.15) is 0 Å². The number of carbonyl (C=O) groups excluding carboxylic acids is 3. The standard InChI is InChI=1S/C26H30N2O5/c1-17(2)18-5-3-6-21(13-18)32-15-23(29)19-8-11-24-22(14-19)28(26(31)16-33-24)12-4-7-25(30)27-20-9-10-20/h3,5-6,8,11,13-14,17,20H,4,7,9-10,12,15-16H2,1-2H3,(H,27,30). The maximum absolute atomic E-state index is 12.8. The lowest BCUT2D eigenvalue weighted by atomic mass is 10.0. The third kappa shape index (κ3) is 5.92. The first-order valence-electron chi connectivity index (χ1n) is 11.5. The summed E-state index contributed by atoms with van der Waals surface area (Å²) in [7, 11) is 0. The van der Waals surface area contributed by atoms with Crippen LogP contribution in [-0.2, 0) is 9.59 Å². The summed E-state index contributed by atoms with van der Waals surface area (Å²) in [6.07, 6.45) is 2.99. The number of nitrogens with zero attached hydrogens (tertiary/aromatic N) is 1. The number of amides is 2. The summed E-state index contributed by atoms with van der Waals surface area (Å²) in [5, 5.41) is 2.96. The molecule has 2 aliphatic rings. The summed E-state index contributed by atoms with van der Waals surface area (Å²) in [6.45, 7) is 4.45. The van der Waals surface area contributed by atoms with Crippen LogP contribution < -0.4 is 19.7 Å². The predicted molar refractivity (Wildman–Crippen MR) is 125 cm³/mol. The van der Waals surface area contributed by atoms with E-state index in [1.165, 1.54) is 0 Å². The lowest BCUT2D eigenvalue weighted by Gasteiger charge is -2.29. The largest absolute Gasteiger partial charge is 0.485 e. The average molecular weight is 451 g/mol. The first-order chi connectivity index (χ1) is 15.9. The Hall–Kier alpha value is -3.35. The van der Waals surface area contributed by atoms with Gasteiger partial charge in [0.1, 0.15) is 11.5 Å². The summed E-state index contributed by atoms with van der Waals surface area (Å²) in [6, 6.07) is 13.1. The Balaban J connectivity index is 1.39. The number of hydrogen-bond donors (Lipinski definition) is 1. The van der Waals surface area contributed by atoms with Crippen molar-refractivity contribution in [1.29, 1.82) is 0 Å². The average Bonchev–Trinajstić information content (AvgIpc) is 3.62. The molecule has 1 saturated carbocycles. The van der Waals surface area contributed by atoms with E-state index in [2.05, 4.69) is 19.2 Å². The number of anilines is 1. The van der Waals surface area contributed by atoms with E-state index >= 15 is 0 Å². The van der Waals surface area contributed by atoms with Crippen molar-refractivity contribution in [2.75, 3.05) is 24.7 Å². The van der Waals surface area contributed by atoms with E-state index in [9.17, 15) is 14.4 Å². The molecule has 0 bridgehead atoms. The fourth-order valence-corrected chi connectivity index (χ4v) is 3.74. The van der Waals surface area contributed by atoms with E-state index in [1.807, 2.05) is 24.3 Å². The fraction of sp³-hybridized carbons (Fsp3) is 0.423. The highest BCUT2D eigenvalue weighted by Gasteiger charge is 2.27. The SMILES string of the molecule is CC(C)c1cccc(OCC(=O)c2ccc3c(c2)N(CCCC(=O)NC2CC2)C(=O)CO3)c1.